The van der Waals surface area contributed by atoms with Crippen molar-refractivity contribution >= 4 is 11.6 Å². The Labute approximate surface area is 126 Å². The van der Waals surface area contributed by atoms with Gasteiger partial charge >= 0.3 is 0 Å². The Morgan fingerprint density at radius 2 is 2.20 bits per heavy atom. The Kier molecular flexibility index (Phi) is 5.82. The summed E-state index contributed by atoms with van der Waals surface area (Å²) < 4.78 is 14.0. The number of halogens is 2. The zero-order valence-electron chi connectivity index (χ0n) is 12.3. The fourth-order valence-corrected chi connectivity index (χ4v) is 3.09. The molecule has 0 aliphatic carbocycles. The molecule has 1 heterocycles. The SMILES string of the molecule is CCCC1CN(Cc2ccc(Cl)cc2F)C(CC)CN1. The van der Waals surface area contributed by atoms with Crippen LogP contribution in [0.5, 0.6) is 0 Å². The summed E-state index contributed by atoms with van der Waals surface area (Å²) in [6.45, 7) is 7.06. The van der Waals surface area contributed by atoms with Crippen LogP contribution < -0.4 is 5.32 Å². The van der Waals surface area contributed by atoms with E-state index in [9.17, 15) is 4.39 Å². The molecule has 1 aromatic carbocycles. The topological polar surface area (TPSA) is 15.3 Å². The molecule has 0 bridgehead atoms. The molecule has 4 heteroatoms. The van der Waals surface area contributed by atoms with Crippen molar-refractivity contribution in [2.75, 3.05) is 13.1 Å². The fraction of sp³-hybridized carbons (Fsp3) is 0.625. The van der Waals surface area contributed by atoms with E-state index in [1.165, 1.54) is 18.9 Å². The van der Waals surface area contributed by atoms with Gasteiger partial charge in [0.05, 0.1) is 0 Å². The van der Waals surface area contributed by atoms with Gasteiger partial charge in [0.25, 0.3) is 0 Å². The highest BCUT2D eigenvalue weighted by molar-refractivity contribution is 6.30. The van der Waals surface area contributed by atoms with Crippen LogP contribution in [0.25, 0.3) is 0 Å². The van der Waals surface area contributed by atoms with Crippen molar-refractivity contribution in [2.45, 2.75) is 51.7 Å². The highest BCUT2D eigenvalue weighted by atomic mass is 35.5. The van der Waals surface area contributed by atoms with E-state index in [1.54, 1.807) is 12.1 Å². The number of piperazine rings is 1. The molecule has 0 spiro atoms. The Balaban J connectivity index is 2.07. The first-order chi connectivity index (χ1) is 9.63. The van der Waals surface area contributed by atoms with Crippen molar-refractivity contribution in [3.05, 3.63) is 34.6 Å². The molecule has 0 aromatic heterocycles. The third-order valence-corrected chi connectivity index (χ3v) is 4.35. The lowest BCUT2D eigenvalue weighted by Crippen LogP contribution is -2.55. The van der Waals surface area contributed by atoms with E-state index < -0.39 is 0 Å². The maximum atomic E-state index is 14.0. The van der Waals surface area contributed by atoms with Gasteiger partial charge in [-0.15, -0.1) is 0 Å². The first kappa shape index (κ1) is 15.7. The van der Waals surface area contributed by atoms with E-state index in [1.807, 2.05) is 0 Å². The standard InChI is InChI=1S/C16H24ClFN2/c1-3-5-14-11-20(15(4-2)9-19-14)10-12-6-7-13(17)8-16(12)18/h6-8,14-15,19H,3-5,9-11H2,1-2H3. The van der Waals surface area contributed by atoms with E-state index >= 15 is 0 Å². The molecule has 1 fully saturated rings. The average molecular weight is 299 g/mol. The molecule has 0 saturated carbocycles. The van der Waals surface area contributed by atoms with Gasteiger partial charge in [-0.3, -0.25) is 4.90 Å². The zero-order valence-corrected chi connectivity index (χ0v) is 13.1. The van der Waals surface area contributed by atoms with Crippen molar-refractivity contribution < 1.29 is 4.39 Å². The smallest absolute Gasteiger partial charge is 0.129 e. The van der Waals surface area contributed by atoms with Gasteiger partial charge in [-0.2, -0.15) is 0 Å². The van der Waals surface area contributed by atoms with Gasteiger partial charge in [0, 0.05) is 42.3 Å². The van der Waals surface area contributed by atoms with E-state index in [-0.39, 0.29) is 5.82 Å². The van der Waals surface area contributed by atoms with Crippen LogP contribution in [0.15, 0.2) is 18.2 Å². The van der Waals surface area contributed by atoms with Crippen LogP contribution in [0.4, 0.5) is 4.39 Å². The first-order valence-corrected chi connectivity index (χ1v) is 7.93. The highest BCUT2D eigenvalue weighted by Crippen LogP contribution is 2.20. The summed E-state index contributed by atoms with van der Waals surface area (Å²) in [6.07, 6.45) is 3.44. The number of nitrogens with one attached hydrogen (secondary N) is 1. The van der Waals surface area contributed by atoms with Crippen LogP contribution in [0.3, 0.4) is 0 Å². The summed E-state index contributed by atoms with van der Waals surface area (Å²) >= 11 is 5.82. The Hall–Kier alpha value is -0.640. The normalized spacial score (nSPS) is 24.0. The maximum Gasteiger partial charge on any atom is 0.129 e. The van der Waals surface area contributed by atoms with Crippen LogP contribution in [0.2, 0.25) is 5.02 Å². The van der Waals surface area contributed by atoms with Crippen molar-refractivity contribution in [1.82, 2.24) is 10.2 Å². The Morgan fingerprint density at radius 3 is 2.85 bits per heavy atom. The van der Waals surface area contributed by atoms with E-state index in [4.69, 9.17) is 11.6 Å². The Morgan fingerprint density at radius 1 is 1.40 bits per heavy atom. The maximum absolute atomic E-state index is 14.0. The highest BCUT2D eigenvalue weighted by Gasteiger charge is 2.26. The molecule has 2 rings (SSSR count). The minimum Gasteiger partial charge on any atom is -0.311 e. The lowest BCUT2D eigenvalue weighted by molar-refractivity contribution is 0.114. The molecule has 20 heavy (non-hydrogen) atoms. The summed E-state index contributed by atoms with van der Waals surface area (Å²) in [7, 11) is 0. The van der Waals surface area contributed by atoms with E-state index in [2.05, 4.69) is 24.1 Å². The van der Waals surface area contributed by atoms with Crippen molar-refractivity contribution in [3.63, 3.8) is 0 Å². The monoisotopic (exact) mass is 298 g/mol. The van der Waals surface area contributed by atoms with Gasteiger partial charge in [-0.1, -0.05) is 37.9 Å². The molecule has 1 N–H and O–H groups in total. The second kappa shape index (κ2) is 7.39. The lowest BCUT2D eigenvalue weighted by Gasteiger charge is -2.40. The molecule has 0 amide bonds. The zero-order chi connectivity index (χ0) is 14.5. The molecular weight excluding hydrogens is 275 g/mol. The number of hydrogen-bond donors (Lipinski definition) is 1. The summed E-state index contributed by atoms with van der Waals surface area (Å²) in [6, 6.07) is 5.99. The Bertz CT molecular complexity index is 438. The van der Waals surface area contributed by atoms with Crippen molar-refractivity contribution in [1.29, 1.82) is 0 Å². The quantitative estimate of drug-likeness (QED) is 0.889. The van der Waals surface area contributed by atoms with Crippen LogP contribution in [0.1, 0.15) is 38.7 Å². The minimum absolute atomic E-state index is 0.196. The third kappa shape index (κ3) is 3.94. The number of hydrogen-bond acceptors (Lipinski definition) is 2. The second-order valence-electron chi connectivity index (χ2n) is 5.62. The van der Waals surface area contributed by atoms with Gasteiger partial charge in [-0.25, -0.2) is 4.39 Å². The molecule has 112 valence electrons. The molecule has 1 aromatic rings. The molecule has 1 aliphatic heterocycles. The summed E-state index contributed by atoms with van der Waals surface area (Å²) in [5, 5.41) is 4.06. The third-order valence-electron chi connectivity index (χ3n) is 4.11. The first-order valence-electron chi connectivity index (χ1n) is 7.55. The van der Waals surface area contributed by atoms with E-state index in [0.717, 1.165) is 25.1 Å². The van der Waals surface area contributed by atoms with Gasteiger partial charge < -0.3 is 5.32 Å². The van der Waals surface area contributed by atoms with Crippen LogP contribution in [0, 0.1) is 5.82 Å². The lowest BCUT2D eigenvalue weighted by atomic mass is 10.0. The largest absolute Gasteiger partial charge is 0.311 e. The summed E-state index contributed by atoms with van der Waals surface area (Å²) in [4.78, 5) is 2.41. The van der Waals surface area contributed by atoms with Gasteiger partial charge in [0.15, 0.2) is 0 Å². The predicted molar refractivity (Wildman–Crippen MR) is 82.6 cm³/mol. The second-order valence-corrected chi connectivity index (χ2v) is 6.06. The van der Waals surface area contributed by atoms with Crippen molar-refractivity contribution in [3.8, 4) is 0 Å². The van der Waals surface area contributed by atoms with Crippen LogP contribution in [-0.4, -0.2) is 30.1 Å². The predicted octanol–water partition coefficient (Wildman–Crippen LogP) is 3.83. The molecule has 1 saturated heterocycles. The van der Waals surface area contributed by atoms with Gasteiger partial charge in [0.1, 0.15) is 5.82 Å². The number of nitrogens with zero attached hydrogens (tertiary/aromatic N) is 1. The molecule has 0 radical (unpaired) electrons. The van der Waals surface area contributed by atoms with E-state index in [0.29, 0.717) is 23.7 Å². The van der Waals surface area contributed by atoms with Gasteiger partial charge in [-0.05, 0) is 25.0 Å². The van der Waals surface area contributed by atoms with Gasteiger partial charge in [0.2, 0.25) is 0 Å². The average Bonchev–Trinajstić information content (AvgIpc) is 2.43. The minimum atomic E-state index is -0.196. The molecule has 1 aliphatic rings. The van der Waals surface area contributed by atoms with Crippen LogP contribution in [-0.2, 0) is 6.54 Å². The molecule has 2 nitrogen and oxygen atoms in total. The molecule has 2 unspecified atom stereocenters. The number of rotatable bonds is 5. The fourth-order valence-electron chi connectivity index (χ4n) is 2.94. The van der Waals surface area contributed by atoms with Crippen LogP contribution >= 0.6 is 11.6 Å². The summed E-state index contributed by atoms with van der Waals surface area (Å²) in [5.74, 6) is -0.196. The molecular formula is C16H24ClFN2. The number of benzene rings is 1. The van der Waals surface area contributed by atoms with Crippen molar-refractivity contribution in [2.24, 2.45) is 0 Å². The summed E-state index contributed by atoms with van der Waals surface area (Å²) in [5.41, 5.74) is 0.741. The molecule has 2 atom stereocenters.